The minimum Gasteiger partial charge on any atom is -0.491 e. The van der Waals surface area contributed by atoms with Crippen molar-refractivity contribution in [2.45, 2.75) is 27.2 Å². The Morgan fingerprint density at radius 2 is 2.00 bits per heavy atom. The third kappa shape index (κ3) is 6.60. The Morgan fingerprint density at radius 1 is 1.20 bits per heavy atom. The first-order chi connectivity index (χ1) is 9.63. The Bertz CT molecular complexity index is 458. The molecule has 0 aliphatic carbocycles. The number of rotatable bonds is 7. The minimum absolute atomic E-state index is 0.380. The quantitative estimate of drug-likeness (QED) is 0.614. The van der Waals surface area contributed by atoms with Crippen molar-refractivity contribution in [3.63, 3.8) is 0 Å². The summed E-state index contributed by atoms with van der Waals surface area (Å²) in [6.07, 6.45) is 1.09. The van der Waals surface area contributed by atoms with Crippen LogP contribution in [0, 0.1) is 24.7 Å². The van der Waals surface area contributed by atoms with Crippen molar-refractivity contribution < 1.29 is 9.47 Å². The molecule has 0 aromatic heterocycles. The van der Waals surface area contributed by atoms with Crippen LogP contribution in [0.4, 0.5) is 0 Å². The summed E-state index contributed by atoms with van der Waals surface area (Å²) in [5.41, 5.74) is 7.40. The average molecular weight is 275 g/mol. The highest BCUT2D eigenvalue weighted by molar-refractivity contribution is 5.43. The van der Waals surface area contributed by atoms with Gasteiger partial charge in [-0.25, -0.2) is 0 Å². The van der Waals surface area contributed by atoms with Gasteiger partial charge in [0.25, 0.3) is 0 Å². The maximum absolute atomic E-state index is 5.71. The zero-order valence-electron chi connectivity index (χ0n) is 12.7. The van der Waals surface area contributed by atoms with Crippen molar-refractivity contribution in [1.29, 1.82) is 0 Å². The van der Waals surface area contributed by atoms with Gasteiger partial charge in [0.15, 0.2) is 0 Å². The predicted octanol–water partition coefficient (Wildman–Crippen LogP) is 2.75. The van der Waals surface area contributed by atoms with E-state index in [9.17, 15) is 0 Å². The molecule has 0 saturated heterocycles. The van der Waals surface area contributed by atoms with Gasteiger partial charge in [0, 0.05) is 12.2 Å². The van der Waals surface area contributed by atoms with E-state index in [4.69, 9.17) is 15.2 Å². The summed E-state index contributed by atoms with van der Waals surface area (Å²) in [7, 11) is 0. The van der Waals surface area contributed by atoms with E-state index >= 15 is 0 Å². The molecule has 1 aromatic carbocycles. The van der Waals surface area contributed by atoms with Crippen LogP contribution < -0.4 is 10.5 Å². The Labute approximate surface area is 122 Å². The highest BCUT2D eigenvalue weighted by Crippen LogP contribution is 2.18. The molecule has 2 N–H and O–H groups in total. The number of hydrogen-bond donors (Lipinski definition) is 1. The maximum atomic E-state index is 5.71. The van der Waals surface area contributed by atoms with Crippen LogP contribution in [-0.2, 0) is 4.74 Å². The number of hydrogen-bond acceptors (Lipinski definition) is 3. The first-order valence-electron chi connectivity index (χ1n) is 7.13. The van der Waals surface area contributed by atoms with Crippen LogP contribution in [0.25, 0.3) is 0 Å². The molecule has 0 spiro atoms. The van der Waals surface area contributed by atoms with Crippen molar-refractivity contribution in [3.05, 3.63) is 29.3 Å². The summed E-state index contributed by atoms with van der Waals surface area (Å²) in [4.78, 5) is 0. The number of benzene rings is 1. The predicted molar refractivity (Wildman–Crippen MR) is 82.9 cm³/mol. The van der Waals surface area contributed by atoms with Gasteiger partial charge in [0.2, 0.25) is 0 Å². The topological polar surface area (TPSA) is 44.5 Å². The van der Waals surface area contributed by atoms with Crippen LogP contribution in [0.3, 0.4) is 0 Å². The fourth-order valence-corrected chi connectivity index (χ4v) is 1.67. The molecule has 0 heterocycles. The maximum Gasteiger partial charge on any atom is 0.122 e. The van der Waals surface area contributed by atoms with Gasteiger partial charge in [0.1, 0.15) is 12.4 Å². The van der Waals surface area contributed by atoms with Gasteiger partial charge >= 0.3 is 0 Å². The summed E-state index contributed by atoms with van der Waals surface area (Å²) in [5, 5.41) is 0. The van der Waals surface area contributed by atoms with Gasteiger partial charge in [-0.15, -0.1) is 0 Å². The zero-order chi connectivity index (χ0) is 14.8. The fourth-order valence-electron chi connectivity index (χ4n) is 1.67. The highest BCUT2D eigenvalue weighted by atomic mass is 16.5. The molecular formula is C17H25NO2. The van der Waals surface area contributed by atoms with Crippen molar-refractivity contribution in [2.75, 3.05) is 26.4 Å². The van der Waals surface area contributed by atoms with Gasteiger partial charge in [-0.2, -0.15) is 0 Å². The smallest absolute Gasteiger partial charge is 0.122 e. The standard InChI is InChI=1S/C17H25NO2/c1-14(2)8-10-19-11-12-20-17-7-6-16(5-4-9-18)13-15(17)3/h6-7,13-14H,8-12,18H2,1-3H3. The molecule has 0 unspecified atom stereocenters. The molecule has 3 nitrogen and oxygen atoms in total. The second kappa shape index (κ2) is 9.41. The second-order valence-electron chi connectivity index (χ2n) is 5.13. The summed E-state index contributed by atoms with van der Waals surface area (Å²) in [5.74, 6) is 7.42. The summed E-state index contributed by atoms with van der Waals surface area (Å²) < 4.78 is 11.2. The average Bonchev–Trinajstić information content (AvgIpc) is 2.41. The molecule has 0 aliphatic heterocycles. The molecule has 0 fully saturated rings. The fraction of sp³-hybridized carbons (Fsp3) is 0.529. The van der Waals surface area contributed by atoms with E-state index in [1.54, 1.807) is 0 Å². The van der Waals surface area contributed by atoms with Gasteiger partial charge in [0.05, 0.1) is 13.2 Å². The van der Waals surface area contributed by atoms with Crippen molar-refractivity contribution in [2.24, 2.45) is 11.7 Å². The largest absolute Gasteiger partial charge is 0.491 e. The van der Waals surface area contributed by atoms with Gasteiger partial charge < -0.3 is 15.2 Å². The van der Waals surface area contributed by atoms with E-state index in [0.717, 1.165) is 29.9 Å². The molecular weight excluding hydrogens is 250 g/mol. The van der Waals surface area contributed by atoms with Gasteiger partial charge in [-0.3, -0.25) is 0 Å². The lowest BCUT2D eigenvalue weighted by Gasteiger charge is -2.10. The summed E-state index contributed by atoms with van der Waals surface area (Å²) in [6, 6.07) is 5.91. The van der Waals surface area contributed by atoms with E-state index in [1.165, 1.54) is 0 Å². The number of nitrogens with two attached hydrogens (primary N) is 1. The monoisotopic (exact) mass is 275 g/mol. The van der Waals surface area contributed by atoms with E-state index in [0.29, 0.717) is 25.7 Å². The number of aryl methyl sites for hydroxylation is 1. The normalized spacial score (nSPS) is 10.2. The Morgan fingerprint density at radius 3 is 2.65 bits per heavy atom. The van der Waals surface area contributed by atoms with Crippen LogP contribution in [-0.4, -0.2) is 26.4 Å². The number of ether oxygens (including phenoxy) is 2. The van der Waals surface area contributed by atoms with Crippen LogP contribution >= 0.6 is 0 Å². The Kier molecular flexibility index (Phi) is 7.79. The van der Waals surface area contributed by atoms with Crippen LogP contribution in [0.2, 0.25) is 0 Å². The summed E-state index contributed by atoms with van der Waals surface area (Å²) in [6.45, 7) is 8.78. The lowest BCUT2D eigenvalue weighted by molar-refractivity contribution is 0.0924. The molecule has 1 rings (SSSR count). The van der Waals surface area contributed by atoms with Gasteiger partial charge in [-0.1, -0.05) is 25.7 Å². The van der Waals surface area contributed by atoms with Gasteiger partial charge in [-0.05, 0) is 43.0 Å². The molecule has 0 atom stereocenters. The van der Waals surface area contributed by atoms with E-state index < -0.39 is 0 Å². The molecule has 0 amide bonds. The molecule has 0 radical (unpaired) electrons. The molecule has 110 valence electrons. The molecule has 3 heteroatoms. The SMILES string of the molecule is Cc1cc(C#CCN)ccc1OCCOCCC(C)C. The molecule has 0 saturated carbocycles. The zero-order valence-corrected chi connectivity index (χ0v) is 12.7. The van der Waals surface area contributed by atoms with E-state index in [-0.39, 0.29) is 0 Å². The Hall–Kier alpha value is -1.50. The highest BCUT2D eigenvalue weighted by Gasteiger charge is 2.00. The lowest BCUT2D eigenvalue weighted by Crippen LogP contribution is -2.09. The minimum atomic E-state index is 0.380. The lowest BCUT2D eigenvalue weighted by atomic mass is 10.1. The van der Waals surface area contributed by atoms with Crippen molar-refractivity contribution in [1.82, 2.24) is 0 Å². The molecule has 1 aromatic rings. The van der Waals surface area contributed by atoms with Crippen LogP contribution in [0.1, 0.15) is 31.4 Å². The molecule has 0 aliphatic rings. The third-order valence-electron chi connectivity index (χ3n) is 2.83. The second-order valence-corrected chi connectivity index (χ2v) is 5.13. The van der Waals surface area contributed by atoms with Crippen LogP contribution in [0.5, 0.6) is 5.75 Å². The van der Waals surface area contributed by atoms with Crippen LogP contribution in [0.15, 0.2) is 18.2 Å². The summed E-state index contributed by atoms with van der Waals surface area (Å²) >= 11 is 0. The Balaban J connectivity index is 2.34. The molecule has 20 heavy (non-hydrogen) atoms. The van der Waals surface area contributed by atoms with Crippen molar-refractivity contribution >= 4 is 0 Å². The molecule has 0 bridgehead atoms. The third-order valence-corrected chi connectivity index (χ3v) is 2.83. The first kappa shape index (κ1) is 16.6. The first-order valence-corrected chi connectivity index (χ1v) is 7.13. The van der Waals surface area contributed by atoms with Crippen molar-refractivity contribution in [3.8, 4) is 17.6 Å². The van der Waals surface area contributed by atoms with E-state index in [2.05, 4.69) is 25.7 Å². The van der Waals surface area contributed by atoms with E-state index in [1.807, 2.05) is 25.1 Å².